The second-order valence-corrected chi connectivity index (χ2v) is 6.98. The fourth-order valence-electron chi connectivity index (χ4n) is 1.72. The van der Waals surface area contributed by atoms with Gasteiger partial charge in [-0.25, -0.2) is 0 Å². The average molecular weight is 358 g/mol. The van der Waals surface area contributed by atoms with Gasteiger partial charge in [-0.3, -0.25) is 4.79 Å². The molecule has 0 aliphatic heterocycles. The van der Waals surface area contributed by atoms with Crippen LogP contribution in [0.3, 0.4) is 0 Å². The third kappa shape index (κ3) is 2.03. The molecule has 90 valence electrons. The molecule has 2 aromatic heterocycles. The molecular formula is C13H6BrClOS2. The molecule has 3 rings (SSSR count). The van der Waals surface area contributed by atoms with Gasteiger partial charge in [0.2, 0.25) is 5.78 Å². The van der Waals surface area contributed by atoms with E-state index in [-0.39, 0.29) is 5.78 Å². The average Bonchev–Trinajstić information content (AvgIpc) is 2.88. The van der Waals surface area contributed by atoms with Crippen molar-refractivity contribution in [3.05, 3.63) is 55.6 Å². The monoisotopic (exact) mass is 356 g/mol. The molecule has 0 bridgehead atoms. The third-order valence-electron chi connectivity index (χ3n) is 2.55. The van der Waals surface area contributed by atoms with Crippen LogP contribution < -0.4 is 0 Å². The van der Waals surface area contributed by atoms with Gasteiger partial charge in [0, 0.05) is 13.9 Å². The van der Waals surface area contributed by atoms with Crippen molar-refractivity contribution in [2.24, 2.45) is 0 Å². The van der Waals surface area contributed by atoms with Crippen molar-refractivity contribution in [2.45, 2.75) is 0 Å². The first-order chi connectivity index (χ1) is 8.66. The number of rotatable bonds is 2. The molecule has 0 N–H and O–H groups in total. The highest BCUT2D eigenvalue weighted by Crippen LogP contribution is 2.34. The Hall–Kier alpha value is -0.680. The van der Waals surface area contributed by atoms with Crippen LogP contribution in [0.25, 0.3) is 9.40 Å². The molecule has 5 heteroatoms. The van der Waals surface area contributed by atoms with E-state index in [0.717, 1.165) is 18.7 Å². The van der Waals surface area contributed by atoms with E-state index in [2.05, 4.69) is 15.9 Å². The molecule has 0 amide bonds. The maximum atomic E-state index is 12.5. The molecule has 3 aromatic rings. The minimum atomic E-state index is -0.0270. The summed E-state index contributed by atoms with van der Waals surface area (Å²) >= 11 is 12.6. The van der Waals surface area contributed by atoms with E-state index < -0.39 is 0 Å². The van der Waals surface area contributed by atoms with Crippen LogP contribution in [-0.4, -0.2) is 5.78 Å². The van der Waals surface area contributed by atoms with E-state index in [9.17, 15) is 4.79 Å². The molecule has 0 saturated heterocycles. The summed E-state index contributed by atoms with van der Waals surface area (Å²) in [7, 11) is 0. The fraction of sp³-hybridized carbons (Fsp3) is 0. The summed E-state index contributed by atoms with van der Waals surface area (Å²) in [5.74, 6) is -0.0270. The standard InChI is InChI=1S/C13H6BrClOS2/c14-7-2-1-3-8(15)12(7)13(16)11-6-10-9(18-11)4-5-17-10/h1-6H. The first-order valence-electron chi connectivity index (χ1n) is 5.12. The molecule has 1 nitrogen and oxygen atoms in total. The van der Waals surface area contributed by atoms with E-state index in [4.69, 9.17) is 11.6 Å². The minimum Gasteiger partial charge on any atom is -0.288 e. The topological polar surface area (TPSA) is 17.1 Å². The molecular weight excluding hydrogens is 352 g/mol. The number of halogens is 2. The predicted molar refractivity (Wildman–Crippen MR) is 82.3 cm³/mol. The summed E-state index contributed by atoms with van der Waals surface area (Å²) in [6, 6.07) is 9.34. The molecule has 0 saturated carbocycles. The molecule has 0 atom stereocenters. The zero-order chi connectivity index (χ0) is 12.7. The molecule has 0 fully saturated rings. The highest BCUT2D eigenvalue weighted by molar-refractivity contribution is 9.10. The largest absolute Gasteiger partial charge is 0.288 e. The van der Waals surface area contributed by atoms with Gasteiger partial charge < -0.3 is 0 Å². The van der Waals surface area contributed by atoms with Gasteiger partial charge in [0.1, 0.15) is 0 Å². The van der Waals surface area contributed by atoms with Gasteiger partial charge in [-0.1, -0.05) is 17.7 Å². The van der Waals surface area contributed by atoms with Crippen LogP contribution in [0.5, 0.6) is 0 Å². The highest BCUT2D eigenvalue weighted by Gasteiger charge is 2.18. The Kier molecular flexibility index (Phi) is 3.28. The van der Waals surface area contributed by atoms with E-state index in [0.29, 0.717) is 10.6 Å². The first kappa shape index (κ1) is 12.4. The van der Waals surface area contributed by atoms with Crippen molar-refractivity contribution in [2.75, 3.05) is 0 Å². The summed E-state index contributed by atoms with van der Waals surface area (Å²) in [5.41, 5.74) is 0.535. The van der Waals surface area contributed by atoms with Crippen molar-refractivity contribution < 1.29 is 4.79 Å². The van der Waals surface area contributed by atoms with Gasteiger partial charge in [0.05, 0.1) is 15.5 Å². The summed E-state index contributed by atoms with van der Waals surface area (Å²) in [6.07, 6.45) is 0. The highest BCUT2D eigenvalue weighted by atomic mass is 79.9. The number of hydrogen-bond acceptors (Lipinski definition) is 3. The number of carbonyl (C=O) groups excluding carboxylic acids is 1. The number of hydrogen-bond donors (Lipinski definition) is 0. The maximum Gasteiger partial charge on any atom is 0.205 e. The third-order valence-corrected chi connectivity index (χ3v) is 5.62. The Morgan fingerprint density at radius 2 is 2.06 bits per heavy atom. The normalized spacial score (nSPS) is 11.0. The number of fused-ring (bicyclic) bond motifs is 1. The van der Waals surface area contributed by atoms with Crippen LogP contribution in [0.1, 0.15) is 15.2 Å². The van der Waals surface area contributed by atoms with Crippen molar-refractivity contribution in [1.29, 1.82) is 0 Å². The van der Waals surface area contributed by atoms with Gasteiger partial charge >= 0.3 is 0 Å². The van der Waals surface area contributed by atoms with Crippen molar-refractivity contribution in [3.63, 3.8) is 0 Å². The van der Waals surface area contributed by atoms with Crippen molar-refractivity contribution in [1.82, 2.24) is 0 Å². The lowest BCUT2D eigenvalue weighted by Gasteiger charge is -2.03. The molecule has 0 aliphatic rings. The Labute approximate surface area is 125 Å². The van der Waals surface area contributed by atoms with Crippen molar-refractivity contribution in [3.8, 4) is 0 Å². The van der Waals surface area contributed by atoms with E-state index in [1.54, 1.807) is 17.4 Å². The van der Waals surface area contributed by atoms with Gasteiger partial charge in [-0.05, 0) is 45.6 Å². The van der Waals surface area contributed by atoms with Crippen LogP contribution >= 0.6 is 50.2 Å². The van der Waals surface area contributed by atoms with Crippen LogP contribution in [0, 0.1) is 0 Å². The quantitative estimate of drug-likeness (QED) is 0.545. The summed E-state index contributed by atoms with van der Waals surface area (Å²) in [4.78, 5) is 13.2. The van der Waals surface area contributed by atoms with Gasteiger partial charge in [0.15, 0.2) is 0 Å². The van der Waals surface area contributed by atoms with Gasteiger partial charge in [-0.2, -0.15) is 0 Å². The molecule has 2 heterocycles. The second-order valence-electron chi connectivity index (χ2n) is 3.69. The van der Waals surface area contributed by atoms with E-state index in [1.165, 1.54) is 11.3 Å². The first-order valence-corrected chi connectivity index (χ1v) is 7.99. The smallest absolute Gasteiger partial charge is 0.205 e. The van der Waals surface area contributed by atoms with E-state index in [1.807, 2.05) is 29.6 Å². The number of thiophene rings is 2. The summed E-state index contributed by atoms with van der Waals surface area (Å²) in [5, 5.41) is 2.51. The van der Waals surface area contributed by atoms with Crippen molar-refractivity contribution >= 4 is 65.4 Å². The Balaban J connectivity index is 2.12. The Morgan fingerprint density at radius 3 is 2.78 bits per heavy atom. The molecule has 0 aliphatic carbocycles. The molecule has 1 aromatic carbocycles. The van der Waals surface area contributed by atoms with Gasteiger partial charge in [0.25, 0.3) is 0 Å². The zero-order valence-corrected chi connectivity index (χ0v) is 12.9. The fourth-order valence-corrected chi connectivity index (χ4v) is 4.69. The summed E-state index contributed by atoms with van der Waals surface area (Å²) < 4.78 is 3.02. The second kappa shape index (κ2) is 4.78. The summed E-state index contributed by atoms with van der Waals surface area (Å²) in [6.45, 7) is 0. The number of ketones is 1. The molecule has 18 heavy (non-hydrogen) atoms. The lowest BCUT2D eigenvalue weighted by molar-refractivity contribution is 0.104. The SMILES string of the molecule is O=C(c1cc2sccc2s1)c1c(Cl)cccc1Br. The maximum absolute atomic E-state index is 12.5. The lowest BCUT2D eigenvalue weighted by atomic mass is 10.1. The van der Waals surface area contributed by atoms with Crippen LogP contribution in [0.4, 0.5) is 0 Å². The zero-order valence-electron chi connectivity index (χ0n) is 8.94. The molecule has 0 spiro atoms. The Bertz CT molecular complexity index is 696. The molecule has 0 radical (unpaired) electrons. The van der Waals surface area contributed by atoms with Crippen LogP contribution in [-0.2, 0) is 0 Å². The predicted octanol–water partition coefficient (Wildman–Crippen LogP) is 5.61. The number of benzene rings is 1. The van der Waals surface area contributed by atoms with Crippen LogP contribution in [0.15, 0.2) is 40.2 Å². The molecule has 0 unspecified atom stereocenters. The number of carbonyl (C=O) groups is 1. The van der Waals surface area contributed by atoms with Gasteiger partial charge in [-0.15, -0.1) is 22.7 Å². The lowest BCUT2D eigenvalue weighted by Crippen LogP contribution is -2.00. The van der Waals surface area contributed by atoms with E-state index >= 15 is 0 Å². The minimum absolute atomic E-state index is 0.0270. The van der Waals surface area contributed by atoms with Crippen LogP contribution in [0.2, 0.25) is 5.02 Å². The Morgan fingerprint density at radius 1 is 1.22 bits per heavy atom.